The Morgan fingerprint density at radius 2 is 2.00 bits per heavy atom. The minimum absolute atomic E-state index is 0.112. The molecule has 0 radical (unpaired) electrons. The predicted octanol–water partition coefficient (Wildman–Crippen LogP) is 2.99. The van der Waals surface area contributed by atoms with Crippen LogP contribution < -0.4 is 16.0 Å². The van der Waals surface area contributed by atoms with Gasteiger partial charge >= 0.3 is 6.18 Å². The number of hydrogen-bond acceptors (Lipinski definition) is 3. The molecule has 26 heavy (non-hydrogen) atoms. The van der Waals surface area contributed by atoms with Crippen molar-refractivity contribution in [3.05, 3.63) is 29.3 Å². The number of halogens is 3. The number of aliphatic imine (C=N–C) groups is 1. The Morgan fingerprint density at radius 1 is 1.31 bits per heavy atom. The largest absolute Gasteiger partial charge is 0.416 e. The summed E-state index contributed by atoms with van der Waals surface area (Å²) in [4.78, 5) is 5.95. The normalized spacial score (nSPS) is 16.2. The first kappa shape index (κ1) is 20.4. The lowest BCUT2D eigenvalue weighted by Crippen LogP contribution is -2.36. The molecule has 1 fully saturated rings. The molecular weight excluding hydrogens is 345 g/mol. The van der Waals surface area contributed by atoms with Crippen LogP contribution in [-0.2, 0) is 17.5 Å². The molecule has 0 bridgehead atoms. The first-order valence-corrected chi connectivity index (χ1v) is 8.84. The smallest absolute Gasteiger partial charge is 0.378 e. The highest BCUT2D eigenvalue weighted by Crippen LogP contribution is 2.35. The van der Waals surface area contributed by atoms with Crippen LogP contribution in [0.15, 0.2) is 23.2 Å². The van der Waals surface area contributed by atoms with Crippen LogP contribution in [0.2, 0.25) is 0 Å². The van der Waals surface area contributed by atoms with Crippen molar-refractivity contribution in [2.45, 2.75) is 33.0 Å². The van der Waals surface area contributed by atoms with Crippen LogP contribution in [-0.4, -0.2) is 38.8 Å². The summed E-state index contributed by atoms with van der Waals surface area (Å²) in [6.45, 7) is 6.91. The molecule has 1 saturated heterocycles. The van der Waals surface area contributed by atoms with E-state index < -0.39 is 11.7 Å². The second-order valence-corrected chi connectivity index (χ2v) is 6.75. The van der Waals surface area contributed by atoms with Gasteiger partial charge in [0.15, 0.2) is 5.96 Å². The zero-order valence-electron chi connectivity index (χ0n) is 15.3. The zero-order chi connectivity index (χ0) is 19.2. The summed E-state index contributed by atoms with van der Waals surface area (Å²) in [5, 5.41) is 2.93. The minimum atomic E-state index is -4.44. The van der Waals surface area contributed by atoms with Crippen LogP contribution in [0.4, 0.5) is 18.9 Å². The number of rotatable bonds is 6. The summed E-state index contributed by atoms with van der Waals surface area (Å²) < 4.78 is 45.7. The van der Waals surface area contributed by atoms with Gasteiger partial charge in [-0.1, -0.05) is 19.9 Å². The quantitative estimate of drug-likeness (QED) is 0.595. The third-order valence-corrected chi connectivity index (χ3v) is 4.22. The highest BCUT2D eigenvalue weighted by molar-refractivity contribution is 5.77. The van der Waals surface area contributed by atoms with E-state index in [1.807, 2.05) is 4.90 Å². The molecule has 1 aliphatic rings. The molecule has 0 spiro atoms. The van der Waals surface area contributed by atoms with E-state index in [1.165, 1.54) is 12.1 Å². The Bertz CT molecular complexity index is 611. The van der Waals surface area contributed by atoms with Crippen LogP contribution >= 0.6 is 0 Å². The van der Waals surface area contributed by atoms with E-state index in [-0.39, 0.29) is 18.1 Å². The highest BCUT2D eigenvalue weighted by Gasteiger charge is 2.34. The summed E-state index contributed by atoms with van der Waals surface area (Å²) in [5.74, 6) is 0.677. The van der Waals surface area contributed by atoms with Crippen molar-refractivity contribution in [1.82, 2.24) is 5.32 Å². The number of nitrogens with zero attached hydrogens (tertiary/aromatic N) is 2. The van der Waals surface area contributed by atoms with Gasteiger partial charge in [0.05, 0.1) is 25.3 Å². The number of ether oxygens (including phenoxy) is 1. The zero-order valence-corrected chi connectivity index (χ0v) is 15.3. The molecule has 0 amide bonds. The SMILES string of the molecule is CC(C)CCNC(N)=NCc1ccc(N2CCOCC2)cc1C(F)(F)F. The van der Waals surface area contributed by atoms with E-state index in [9.17, 15) is 13.2 Å². The third-order valence-electron chi connectivity index (χ3n) is 4.22. The fourth-order valence-electron chi connectivity index (χ4n) is 2.70. The molecule has 0 unspecified atom stereocenters. The fraction of sp³-hybridized carbons (Fsp3) is 0.611. The van der Waals surface area contributed by atoms with Crippen LogP contribution in [0, 0.1) is 5.92 Å². The lowest BCUT2D eigenvalue weighted by atomic mass is 10.1. The number of nitrogens with one attached hydrogen (secondary N) is 1. The number of hydrogen-bond donors (Lipinski definition) is 2. The second-order valence-electron chi connectivity index (χ2n) is 6.75. The van der Waals surface area contributed by atoms with Crippen molar-refractivity contribution in [3.63, 3.8) is 0 Å². The van der Waals surface area contributed by atoms with Gasteiger partial charge in [0.2, 0.25) is 0 Å². The molecule has 8 heteroatoms. The Kier molecular flexibility index (Phi) is 7.14. The number of anilines is 1. The van der Waals surface area contributed by atoms with E-state index in [1.54, 1.807) is 6.07 Å². The van der Waals surface area contributed by atoms with Gasteiger partial charge in [-0.15, -0.1) is 0 Å². The molecule has 0 atom stereocenters. The number of guanidine groups is 1. The standard InChI is InChI=1S/C18H27F3N4O/c1-13(2)5-6-23-17(22)24-12-14-3-4-15(11-16(14)18(19,20)21)25-7-9-26-10-8-25/h3-4,11,13H,5-10,12H2,1-2H3,(H3,22,23,24). The van der Waals surface area contributed by atoms with Gasteiger partial charge in [-0.2, -0.15) is 13.2 Å². The van der Waals surface area contributed by atoms with E-state index in [2.05, 4.69) is 24.2 Å². The minimum Gasteiger partial charge on any atom is -0.378 e. The Labute approximate surface area is 152 Å². The van der Waals surface area contributed by atoms with E-state index in [0.717, 1.165) is 6.42 Å². The van der Waals surface area contributed by atoms with E-state index >= 15 is 0 Å². The van der Waals surface area contributed by atoms with Gasteiger partial charge in [0, 0.05) is 25.3 Å². The average Bonchev–Trinajstić information content (AvgIpc) is 2.59. The van der Waals surface area contributed by atoms with Gasteiger partial charge < -0.3 is 20.7 Å². The maximum atomic E-state index is 13.5. The molecule has 1 heterocycles. The molecular formula is C18H27F3N4O. The first-order valence-electron chi connectivity index (χ1n) is 8.84. The van der Waals surface area contributed by atoms with Gasteiger partial charge in [-0.3, -0.25) is 0 Å². The molecule has 1 aromatic carbocycles. The second kappa shape index (κ2) is 9.12. The number of nitrogens with two attached hydrogens (primary N) is 1. The van der Waals surface area contributed by atoms with Crippen molar-refractivity contribution in [1.29, 1.82) is 0 Å². The van der Waals surface area contributed by atoms with Crippen molar-refractivity contribution in [3.8, 4) is 0 Å². The summed E-state index contributed by atoms with van der Waals surface area (Å²) in [6, 6.07) is 4.38. The molecule has 0 aromatic heterocycles. The number of alkyl halides is 3. The number of benzene rings is 1. The molecule has 5 nitrogen and oxygen atoms in total. The molecule has 0 aliphatic carbocycles. The Morgan fingerprint density at radius 3 is 2.62 bits per heavy atom. The fourth-order valence-corrected chi connectivity index (χ4v) is 2.70. The molecule has 3 N–H and O–H groups in total. The predicted molar refractivity (Wildman–Crippen MR) is 97.3 cm³/mol. The first-order chi connectivity index (χ1) is 12.3. The Hall–Kier alpha value is -1.96. The summed E-state index contributed by atoms with van der Waals surface area (Å²) in [5.41, 5.74) is 5.75. The highest BCUT2D eigenvalue weighted by atomic mass is 19.4. The lowest BCUT2D eigenvalue weighted by Gasteiger charge is -2.29. The van der Waals surface area contributed by atoms with Crippen LogP contribution in [0.3, 0.4) is 0 Å². The van der Waals surface area contributed by atoms with E-state index in [0.29, 0.717) is 44.5 Å². The van der Waals surface area contributed by atoms with Gasteiger partial charge in [-0.25, -0.2) is 4.99 Å². The Balaban J connectivity index is 2.11. The van der Waals surface area contributed by atoms with Crippen LogP contribution in [0.1, 0.15) is 31.4 Å². The maximum absolute atomic E-state index is 13.5. The van der Waals surface area contributed by atoms with Crippen molar-refractivity contribution in [2.24, 2.45) is 16.6 Å². The van der Waals surface area contributed by atoms with Gasteiger partial charge in [0.1, 0.15) is 0 Å². The van der Waals surface area contributed by atoms with Gasteiger partial charge in [0.25, 0.3) is 0 Å². The van der Waals surface area contributed by atoms with Gasteiger partial charge in [-0.05, 0) is 30.0 Å². The van der Waals surface area contributed by atoms with Crippen molar-refractivity contribution in [2.75, 3.05) is 37.7 Å². The molecule has 2 rings (SSSR count). The van der Waals surface area contributed by atoms with E-state index in [4.69, 9.17) is 10.5 Å². The van der Waals surface area contributed by atoms with Crippen molar-refractivity contribution >= 4 is 11.6 Å². The number of morpholine rings is 1. The summed E-state index contributed by atoms with van der Waals surface area (Å²) in [6.07, 6.45) is -3.52. The maximum Gasteiger partial charge on any atom is 0.416 e. The molecule has 146 valence electrons. The lowest BCUT2D eigenvalue weighted by molar-refractivity contribution is -0.138. The third kappa shape index (κ3) is 6.09. The summed E-state index contributed by atoms with van der Waals surface area (Å²) >= 11 is 0. The van der Waals surface area contributed by atoms with Crippen LogP contribution in [0.5, 0.6) is 0 Å². The molecule has 0 saturated carbocycles. The topological polar surface area (TPSA) is 62.9 Å². The molecule has 1 aromatic rings. The summed E-state index contributed by atoms with van der Waals surface area (Å²) in [7, 11) is 0. The monoisotopic (exact) mass is 372 g/mol. The van der Waals surface area contributed by atoms with Crippen molar-refractivity contribution < 1.29 is 17.9 Å². The van der Waals surface area contributed by atoms with Crippen LogP contribution in [0.25, 0.3) is 0 Å². The average molecular weight is 372 g/mol. The molecule has 1 aliphatic heterocycles.